The van der Waals surface area contributed by atoms with Crippen LogP contribution in [0.5, 0.6) is 0 Å². The Morgan fingerprint density at radius 2 is 1.65 bits per heavy atom. The van der Waals surface area contributed by atoms with E-state index in [-0.39, 0.29) is 77.6 Å². The molecule has 3 aromatic heterocycles. The van der Waals surface area contributed by atoms with Crippen molar-refractivity contribution in [3.8, 4) is 0 Å². The molecule has 8 rings (SSSR count). The van der Waals surface area contributed by atoms with Gasteiger partial charge in [-0.05, 0) is 81.5 Å². The minimum Gasteiger partial charge on any atom is -0.790 e. The van der Waals surface area contributed by atoms with Crippen LogP contribution >= 0.6 is 22.4 Å². The van der Waals surface area contributed by atoms with E-state index in [4.69, 9.17) is 19.7 Å². The zero-order valence-electron chi connectivity index (χ0n) is 48.6. The topological polar surface area (TPSA) is 514 Å². The lowest BCUT2D eigenvalue weighted by molar-refractivity contribution is -0.438. The first-order valence-corrected chi connectivity index (χ1v) is 37.4. The predicted octanol–water partition coefficient (Wildman–Crippen LogP) is 0.435. The van der Waals surface area contributed by atoms with E-state index in [1.807, 2.05) is 43.2 Å². The van der Waals surface area contributed by atoms with Crippen molar-refractivity contribution in [1.82, 2.24) is 39.8 Å². The molecular weight excluding hydrogens is 1340 g/mol. The highest BCUT2D eigenvalue weighted by atomic mass is 32.5. The molecule has 6 heterocycles. The van der Waals surface area contributed by atoms with Crippen molar-refractivity contribution in [2.45, 2.75) is 125 Å². The van der Waals surface area contributed by atoms with Crippen LogP contribution in [0.25, 0.3) is 11.2 Å². The molecule has 91 heavy (non-hydrogen) atoms. The zero-order valence-corrected chi connectivity index (χ0v) is 54.6. The van der Waals surface area contributed by atoms with E-state index in [9.17, 15) is 82.3 Å². The van der Waals surface area contributed by atoms with Gasteiger partial charge in [0.1, 0.15) is 47.4 Å². The standard InChI is InChI=1S/C50H66N11O23P3S4/c1-49(2)34-25-32(90(74,75)76)16-18-36(34)59(39(49)13-7-5-8-14-40-50(3,4)35-26-33(91(77,78)79)17-19-37(35)60(40)23-12-24-89(71,72)73)22-10-6-9-15-41(62)52-20-11-21-58-27-31(56-57-58)28-80-44-43(63)38(29-81-87(70,88)84-86(68,69)83-85(65,66)67)82-47(44)61-30-53-42-45(61)54-48(51)55-46(42)64/h5,7-8,13-14,16-19,25-27,30,38,43-44,47,63H,6,9-12,15,20-24,28-29H2,1-4H3,(H10-,51,52,54,55,62,64,65,66,67,68,69,70,71,72,73,74,75,76,77,78,79,88)/p-4. The van der Waals surface area contributed by atoms with Crippen molar-refractivity contribution in [2.75, 3.05) is 42.6 Å². The number of carbonyl (C=O) groups is 1. The fourth-order valence-corrected chi connectivity index (χ4v) is 16.0. The number of aromatic amines is 1. The first-order valence-electron chi connectivity index (χ1n) is 27.4. The maximum absolute atomic E-state index is 13.0. The molecule has 2 aromatic carbocycles. The highest BCUT2D eigenvalue weighted by molar-refractivity contribution is 8.07. The lowest BCUT2D eigenvalue weighted by Crippen LogP contribution is -2.36. The molecule has 1 fully saturated rings. The number of nitrogen functional groups attached to an aromatic ring is 1. The molecule has 0 spiro atoms. The van der Waals surface area contributed by atoms with Crippen molar-refractivity contribution in [2.24, 2.45) is 0 Å². The molecule has 3 aliphatic heterocycles. The molecule has 0 saturated carbocycles. The number of allylic oxidation sites excluding steroid dienone is 6. The lowest BCUT2D eigenvalue weighted by Gasteiger charge is -2.39. The summed E-state index contributed by atoms with van der Waals surface area (Å²) in [6.07, 6.45) is 7.83. The number of amides is 1. The number of aryl methyl sites for hydroxylation is 1. The van der Waals surface area contributed by atoms with Crippen molar-refractivity contribution in [3.05, 3.63) is 112 Å². The number of ether oxygens (including phenoxy) is 2. The van der Waals surface area contributed by atoms with Gasteiger partial charge in [0.25, 0.3) is 33.6 Å². The zero-order chi connectivity index (χ0) is 66.9. The number of unbranched alkanes of at least 4 members (excludes halogenated alkanes) is 2. The van der Waals surface area contributed by atoms with Crippen LogP contribution in [-0.4, -0.2) is 145 Å². The third-order valence-corrected chi connectivity index (χ3v) is 21.9. The fraction of sp³-hybridized carbons (Fsp3) is 0.460. The molecule has 6 unspecified atom stereocenters. The monoisotopic (exact) mass is 1410 g/mol. The van der Waals surface area contributed by atoms with Gasteiger partial charge in [-0.1, -0.05) is 49.1 Å². The number of nitrogens with zero attached hydrogens (tertiary/aromatic N) is 8. The van der Waals surface area contributed by atoms with Crippen LogP contribution in [0.3, 0.4) is 0 Å². The van der Waals surface area contributed by atoms with Crippen LogP contribution in [-0.2, 0) is 103 Å². The summed E-state index contributed by atoms with van der Waals surface area (Å²) in [4.78, 5) is 83.1. The molecule has 498 valence electrons. The Bertz CT molecular complexity index is 4300. The van der Waals surface area contributed by atoms with Gasteiger partial charge in [-0.3, -0.25) is 46.1 Å². The first kappa shape index (κ1) is 71.2. The molecule has 3 aliphatic rings. The fourth-order valence-electron chi connectivity index (χ4n) is 10.7. The Morgan fingerprint density at radius 3 is 2.34 bits per heavy atom. The Balaban J connectivity index is 0.853. The van der Waals surface area contributed by atoms with Gasteiger partial charge in [-0.2, -0.15) is 26.4 Å². The lowest BCUT2D eigenvalue weighted by atomic mass is 9.81. The number of carbonyl (C=O) groups excluding carboxylic acids is 1. The van der Waals surface area contributed by atoms with E-state index in [0.717, 1.165) is 12.0 Å². The molecule has 41 heteroatoms. The number of aliphatic hydroxyl groups is 1. The Hall–Kier alpha value is -5.67. The van der Waals surface area contributed by atoms with E-state index in [1.165, 1.54) is 45.8 Å². The number of benzene rings is 2. The Morgan fingerprint density at radius 1 is 0.934 bits per heavy atom. The van der Waals surface area contributed by atoms with Gasteiger partial charge < -0.3 is 63.7 Å². The quantitative estimate of drug-likeness (QED) is 0.0119. The van der Waals surface area contributed by atoms with E-state index < -0.39 is 106 Å². The average molecular weight is 1410 g/mol. The largest absolute Gasteiger partial charge is 0.790 e. The minimum absolute atomic E-state index is 0.0363. The normalized spacial score (nSPS) is 21.1. The highest BCUT2D eigenvalue weighted by Gasteiger charge is 2.48. The van der Waals surface area contributed by atoms with Crippen molar-refractivity contribution < 1.29 is 105 Å². The maximum atomic E-state index is 13.0. The van der Waals surface area contributed by atoms with Gasteiger partial charge in [0.05, 0.1) is 54.5 Å². The predicted molar refractivity (Wildman–Crippen MR) is 316 cm³/mol. The number of anilines is 2. The third-order valence-electron chi connectivity index (χ3n) is 14.8. The van der Waals surface area contributed by atoms with Crippen molar-refractivity contribution in [3.63, 3.8) is 0 Å². The number of rotatable bonds is 30. The Kier molecular flexibility index (Phi) is 21.7. The average Bonchev–Trinajstić information content (AvgIpc) is 1.61. The van der Waals surface area contributed by atoms with Crippen LogP contribution in [0, 0.1) is 0 Å². The van der Waals surface area contributed by atoms with E-state index in [0.29, 0.717) is 60.4 Å². The molecule has 0 aliphatic carbocycles. The number of hydrogen-bond acceptors (Lipinski definition) is 28. The van der Waals surface area contributed by atoms with Gasteiger partial charge in [0.15, 0.2) is 23.1 Å². The van der Waals surface area contributed by atoms with E-state index in [1.54, 1.807) is 30.4 Å². The second-order valence-electron chi connectivity index (χ2n) is 22.1. The number of phosphoric acid groups is 2. The number of H-pyrrole nitrogens is 1. The highest BCUT2D eigenvalue weighted by Crippen LogP contribution is 2.61. The summed E-state index contributed by atoms with van der Waals surface area (Å²) in [6, 6.07) is 8.35. The molecular formula is C50H62N11O23P3S4-4. The van der Waals surface area contributed by atoms with Gasteiger partial charge in [0.2, 0.25) is 17.5 Å². The van der Waals surface area contributed by atoms with Crippen molar-refractivity contribution in [1.29, 1.82) is 0 Å². The number of aromatic nitrogens is 7. The summed E-state index contributed by atoms with van der Waals surface area (Å²) < 4.78 is 154. The molecule has 0 radical (unpaired) electrons. The molecule has 7 N–H and O–H groups in total. The van der Waals surface area contributed by atoms with Crippen LogP contribution in [0.15, 0.2) is 99.6 Å². The number of nitrogens with two attached hydrogens (primary N) is 1. The van der Waals surface area contributed by atoms with Gasteiger partial charge >= 0.3 is 0 Å². The van der Waals surface area contributed by atoms with E-state index in [2.05, 4.69) is 51.0 Å². The van der Waals surface area contributed by atoms with Gasteiger partial charge in [-0.15, -0.1) is 5.10 Å². The molecule has 1 saturated heterocycles. The number of aliphatic hydroxyl groups excluding tert-OH is 1. The van der Waals surface area contributed by atoms with Crippen LogP contribution in [0.4, 0.5) is 17.3 Å². The second kappa shape index (κ2) is 27.7. The van der Waals surface area contributed by atoms with Crippen LogP contribution in [0.2, 0.25) is 0 Å². The van der Waals surface area contributed by atoms with Crippen LogP contribution in [0.1, 0.15) is 89.3 Å². The summed E-state index contributed by atoms with van der Waals surface area (Å²) in [6.45, 7) is 2.10. The second-order valence-corrected chi connectivity index (χ2v) is 32.0. The number of imidazole rings is 1. The number of fused-ring (bicyclic) bond motifs is 3. The molecule has 1 amide bonds. The molecule has 6 atom stereocenters. The summed E-state index contributed by atoms with van der Waals surface area (Å²) in [5.41, 5.74) is 7.20. The Labute approximate surface area is 525 Å². The van der Waals surface area contributed by atoms with E-state index >= 15 is 0 Å². The SMILES string of the molecule is CC1(C)C(/C=C/C=C/C=C2/N(CCCS(=O)(=O)O)c3ccc(S(=O)(=O)O)cc3C2(C)C)=[N+](CCCCCC(=O)NCCCn2cc(COC3C(O)C(COP([O-])(=S)OP(=O)([O-])OP(=O)([O-])[O-])OC3n3cnc4c(=O)[nH]c(N)nc43)nn2)c2ccc(S(=O)(=O)[O-])cc21. The maximum Gasteiger partial charge on any atom is 0.294 e. The van der Waals surface area contributed by atoms with Gasteiger partial charge in [-0.25, -0.2) is 13.4 Å². The van der Waals surface area contributed by atoms with Gasteiger partial charge in [0, 0.05) is 67.0 Å². The number of nitrogens with one attached hydrogen (secondary N) is 2. The summed E-state index contributed by atoms with van der Waals surface area (Å²) in [5, 5.41) is 22.4. The summed E-state index contributed by atoms with van der Waals surface area (Å²) in [5.74, 6) is -1.04. The smallest absolute Gasteiger partial charge is 0.294 e. The van der Waals surface area contributed by atoms with Crippen molar-refractivity contribution >= 4 is 105 Å². The minimum atomic E-state index is -6.19. The molecule has 34 nitrogen and oxygen atoms in total. The van der Waals surface area contributed by atoms with Crippen LogP contribution < -0.4 is 41.1 Å². The first-order chi connectivity index (χ1) is 42.2. The molecule has 0 bridgehead atoms. The summed E-state index contributed by atoms with van der Waals surface area (Å²) >= 11 is 4.51. The summed E-state index contributed by atoms with van der Waals surface area (Å²) in [7, 11) is -25.9. The number of hydrogen-bond donors (Lipinski definition) is 6. The molecule has 5 aromatic rings. The third kappa shape index (κ3) is 17.8.